The lowest BCUT2D eigenvalue weighted by Crippen LogP contribution is -2.23. The van der Waals surface area contributed by atoms with Crippen LogP contribution >= 0.6 is 0 Å². The number of methoxy groups -OCH3 is 1. The summed E-state index contributed by atoms with van der Waals surface area (Å²) in [7, 11) is -2.13. The maximum atomic E-state index is 12.3. The maximum Gasteiger partial charge on any atom is 0.240 e. The van der Waals surface area contributed by atoms with Crippen LogP contribution in [-0.2, 0) is 16.6 Å². The number of nitrogen functional groups attached to an aromatic ring is 1. The molecule has 0 unspecified atom stereocenters. The van der Waals surface area contributed by atoms with Crippen LogP contribution in [0.25, 0.3) is 0 Å². The van der Waals surface area contributed by atoms with E-state index in [2.05, 4.69) is 4.72 Å². The summed E-state index contributed by atoms with van der Waals surface area (Å²) in [5.74, 6) is 0.452. The zero-order valence-electron chi connectivity index (χ0n) is 12.0. The molecule has 0 amide bonds. The Balaban J connectivity index is 2.19. The lowest BCUT2D eigenvalue weighted by Gasteiger charge is -2.10. The fourth-order valence-corrected chi connectivity index (χ4v) is 2.99. The van der Waals surface area contributed by atoms with E-state index in [0.29, 0.717) is 5.75 Å². The van der Waals surface area contributed by atoms with E-state index >= 15 is 0 Å². The molecule has 2 aromatic carbocycles. The van der Waals surface area contributed by atoms with Crippen molar-refractivity contribution in [3.8, 4) is 5.75 Å². The zero-order chi connectivity index (χ0) is 15.5. The molecule has 0 fully saturated rings. The van der Waals surface area contributed by atoms with E-state index < -0.39 is 10.0 Å². The molecule has 21 heavy (non-hydrogen) atoms. The number of anilines is 1. The molecule has 0 saturated carbocycles. The number of nitrogens with one attached hydrogen (secondary N) is 1. The van der Waals surface area contributed by atoms with Crippen LogP contribution < -0.4 is 15.2 Å². The number of ether oxygens (including phenoxy) is 1. The number of aryl methyl sites for hydroxylation is 1. The van der Waals surface area contributed by atoms with Gasteiger partial charge >= 0.3 is 0 Å². The van der Waals surface area contributed by atoms with Crippen LogP contribution in [0.1, 0.15) is 11.1 Å². The molecule has 3 N–H and O–H groups in total. The van der Waals surface area contributed by atoms with Crippen molar-refractivity contribution in [3.05, 3.63) is 53.6 Å². The highest BCUT2D eigenvalue weighted by Crippen LogP contribution is 2.24. The summed E-state index contributed by atoms with van der Waals surface area (Å²) in [6, 6.07) is 12.0. The molecular weight excluding hydrogens is 288 g/mol. The number of rotatable bonds is 5. The molecule has 0 aliphatic heterocycles. The third kappa shape index (κ3) is 3.53. The first-order valence-electron chi connectivity index (χ1n) is 6.42. The van der Waals surface area contributed by atoms with E-state index in [1.165, 1.54) is 25.3 Å². The molecule has 2 aromatic rings. The number of benzene rings is 2. The maximum absolute atomic E-state index is 12.3. The Kier molecular flexibility index (Phi) is 4.50. The molecule has 0 aliphatic carbocycles. The molecule has 0 heterocycles. The standard InChI is InChI=1S/C15H18N2O3S/c1-11-5-3-4-6-12(11)10-17-21(18,19)13-7-8-15(20-2)14(16)9-13/h3-9,17H,10,16H2,1-2H3. The van der Waals surface area contributed by atoms with Gasteiger partial charge in [0.1, 0.15) is 5.75 Å². The second-order valence-corrected chi connectivity index (χ2v) is 6.42. The highest BCUT2D eigenvalue weighted by molar-refractivity contribution is 7.89. The van der Waals surface area contributed by atoms with Crippen LogP contribution in [0.3, 0.4) is 0 Å². The van der Waals surface area contributed by atoms with Gasteiger partial charge in [-0.3, -0.25) is 0 Å². The van der Waals surface area contributed by atoms with Gasteiger partial charge < -0.3 is 10.5 Å². The van der Waals surface area contributed by atoms with Crippen LogP contribution in [-0.4, -0.2) is 15.5 Å². The van der Waals surface area contributed by atoms with Crippen molar-refractivity contribution in [2.45, 2.75) is 18.4 Å². The molecule has 2 rings (SSSR count). The molecular formula is C15H18N2O3S. The van der Waals surface area contributed by atoms with E-state index in [0.717, 1.165) is 11.1 Å². The van der Waals surface area contributed by atoms with Crippen molar-refractivity contribution < 1.29 is 13.2 Å². The molecule has 0 aliphatic rings. The highest BCUT2D eigenvalue weighted by atomic mass is 32.2. The molecule has 0 bridgehead atoms. The predicted octanol–water partition coefficient (Wildman–Crippen LogP) is 2.06. The number of nitrogens with two attached hydrogens (primary N) is 1. The van der Waals surface area contributed by atoms with Crippen LogP contribution in [0.4, 0.5) is 5.69 Å². The Hall–Kier alpha value is -2.05. The summed E-state index contributed by atoms with van der Waals surface area (Å²) in [5.41, 5.74) is 8.00. The Morgan fingerprint density at radius 1 is 1.19 bits per heavy atom. The van der Waals surface area contributed by atoms with Gasteiger partial charge in [0, 0.05) is 6.54 Å². The molecule has 0 radical (unpaired) electrons. The largest absolute Gasteiger partial charge is 0.495 e. The fraction of sp³-hybridized carbons (Fsp3) is 0.200. The van der Waals surface area contributed by atoms with Gasteiger partial charge in [0.15, 0.2) is 0 Å². The first-order chi connectivity index (χ1) is 9.94. The average Bonchev–Trinajstić information content (AvgIpc) is 2.46. The minimum absolute atomic E-state index is 0.120. The van der Waals surface area contributed by atoms with Crippen molar-refractivity contribution in [3.63, 3.8) is 0 Å². The van der Waals surface area contributed by atoms with Gasteiger partial charge in [-0.1, -0.05) is 24.3 Å². The van der Waals surface area contributed by atoms with Gasteiger partial charge in [0.05, 0.1) is 17.7 Å². The summed E-state index contributed by atoms with van der Waals surface area (Å²) < 4.78 is 32.1. The number of sulfonamides is 1. The summed E-state index contributed by atoms with van der Waals surface area (Å²) >= 11 is 0. The minimum atomic E-state index is -3.61. The average molecular weight is 306 g/mol. The Morgan fingerprint density at radius 3 is 2.52 bits per heavy atom. The smallest absolute Gasteiger partial charge is 0.240 e. The van der Waals surface area contributed by atoms with Gasteiger partial charge in [-0.15, -0.1) is 0 Å². The van der Waals surface area contributed by atoms with E-state index in [1.54, 1.807) is 0 Å². The Morgan fingerprint density at radius 2 is 1.90 bits per heavy atom. The van der Waals surface area contributed by atoms with Crippen LogP contribution in [0.2, 0.25) is 0 Å². The van der Waals surface area contributed by atoms with E-state index in [9.17, 15) is 8.42 Å². The topological polar surface area (TPSA) is 81.4 Å². The van der Waals surface area contributed by atoms with Crippen molar-refractivity contribution in [1.29, 1.82) is 0 Å². The van der Waals surface area contributed by atoms with Gasteiger partial charge in [0.25, 0.3) is 0 Å². The van der Waals surface area contributed by atoms with E-state index in [1.807, 2.05) is 31.2 Å². The van der Waals surface area contributed by atoms with Gasteiger partial charge in [-0.05, 0) is 36.2 Å². The lowest BCUT2D eigenvalue weighted by atomic mass is 10.1. The Labute approximate surface area is 124 Å². The zero-order valence-corrected chi connectivity index (χ0v) is 12.8. The molecule has 5 nitrogen and oxygen atoms in total. The molecule has 6 heteroatoms. The number of hydrogen-bond acceptors (Lipinski definition) is 4. The SMILES string of the molecule is COc1ccc(S(=O)(=O)NCc2ccccc2C)cc1N. The van der Waals surface area contributed by atoms with Crippen molar-refractivity contribution in [2.75, 3.05) is 12.8 Å². The normalized spacial score (nSPS) is 11.3. The lowest BCUT2D eigenvalue weighted by molar-refractivity contribution is 0.416. The summed E-state index contributed by atoms with van der Waals surface area (Å²) in [6.07, 6.45) is 0. The van der Waals surface area contributed by atoms with E-state index in [4.69, 9.17) is 10.5 Å². The first-order valence-corrected chi connectivity index (χ1v) is 7.90. The van der Waals surface area contributed by atoms with Crippen molar-refractivity contribution >= 4 is 15.7 Å². The Bertz CT molecular complexity index is 742. The second-order valence-electron chi connectivity index (χ2n) is 4.65. The van der Waals surface area contributed by atoms with Crippen LogP contribution in [0.5, 0.6) is 5.75 Å². The molecule has 112 valence electrons. The van der Waals surface area contributed by atoms with Crippen molar-refractivity contribution in [1.82, 2.24) is 4.72 Å². The second kappa shape index (κ2) is 6.15. The minimum Gasteiger partial charge on any atom is -0.495 e. The fourth-order valence-electron chi connectivity index (χ4n) is 1.94. The van der Waals surface area contributed by atoms with Gasteiger partial charge in [0.2, 0.25) is 10.0 Å². The third-order valence-corrected chi connectivity index (χ3v) is 4.62. The molecule has 0 saturated heterocycles. The first kappa shape index (κ1) is 15.3. The van der Waals surface area contributed by atoms with Gasteiger partial charge in [-0.2, -0.15) is 0 Å². The molecule has 0 atom stereocenters. The van der Waals surface area contributed by atoms with E-state index in [-0.39, 0.29) is 17.1 Å². The quantitative estimate of drug-likeness (QED) is 0.829. The third-order valence-electron chi connectivity index (χ3n) is 3.23. The molecule has 0 spiro atoms. The monoisotopic (exact) mass is 306 g/mol. The summed E-state index contributed by atoms with van der Waals surface area (Å²) in [4.78, 5) is 0.120. The van der Waals surface area contributed by atoms with Crippen LogP contribution in [0, 0.1) is 6.92 Å². The summed E-state index contributed by atoms with van der Waals surface area (Å²) in [6.45, 7) is 2.18. The summed E-state index contributed by atoms with van der Waals surface area (Å²) in [5, 5.41) is 0. The highest BCUT2D eigenvalue weighted by Gasteiger charge is 2.15. The molecule has 0 aromatic heterocycles. The van der Waals surface area contributed by atoms with Crippen LogP contribution in [0.15, 0.2) is 47.4 Å². The van der Waals surface area contributed by atoms with Gasteiger partial charge in [-0.25, -0.2) is 13.1 Å². The van der Waals surface area contributed by atoms with Crippen molar-refractivity contribution in [2.24, 2.45) is 0 Å². The predicted molar refractivity (Wildman–Crippen MR) is 82.6 cm³/mol. The number of hydrogen-bond donors (Lipinski definition) is 2.